The summed E-state index contributed by atoms with van der Waals surface area (Å²) in [5.74, 6) is 0. The molecular weight excluding hydrogens is 264 g/mol. The Labute approximate surface area is 126 Å². The minimum Gasteiger partial charge on any atom is -0.384 e. The first-order valence-corrected chi connectivity index (χ1v) is 8.07. The fourth-order valence-corrected chi connectivity index (χ4v) is 3.06. The van der Waals surface area contributed by atoms with E-state index in [1.54, 1.807) is 0 Å². The Hall–Kier alpha value is -1.32. The number of anilines is 1. The SMILES string of the molecule is Cc1ccccc1NCCN(C)C(C)Cc1cccs1. The van der Waals surface area contributed by atoms with E-state index in [1.807, 2.05) is 11.3 Å². The van der Waals surface area contributed by atoms with Gasteiger partial charge in [0.25, 0.3) is 0 Å². The number of para-hydroxylation sites is 1. The van der Waals surface area contributed by atoms with E-state index in [1.165, 1.54) is 16.1 Å². The van der Waals surface area contributed by atoms with Crippen LogP contribution in [0.2, 0.25) is 0 Å². The lowest BCUT2D eigenvalue weighted by molar-refractivity contribution is 0.267. The molecule has 0 aliphatic heterocycles. The Morgan fingerprint density at radius 3 is 2.70 bits per heavy atom. The summed E-state index contributed by atoms with van der Waals surface area (Å²) < 4.78 is 0. The molecule has 0 radical (unpaired) electrons. The molecule has 1 aromatic carbocycles. The highest BCUT2D eigenvalue weighted by Crippen LogP contribution is 2.14. The molecule has 3 heteroatoms. The van der Waals surface area contributed by atoms with E-state index in [0.29, 0.717) is 6.04 Å². The zero-order chi connectivity index (χ0) is 14.4. The number of benzene rings is 1. The van der Waals surface area contributed by atoms with Gasteiger partial charge in [0.1, 0.15) is 0 Å². The molecule has 0 spiro atoms. The van der Waals surface area contributed by atoms with E-state index in [4.69, 9.17) is 0 Å². The summed E-state index contributed by atoms with van der Waals surface area (Å²) in [7, 11) is 2.21. The van der Waals surface area contributed by atoms with Crippen LogP contribution in [0.15, 0.2) is 41.8 Å². The molecule has 108 valence electrons. The lowest BCUT2D eigenvalue weighted by Gasteiger charge is -2.24. The van der Waals surface area contributed by atoms with Crippen molar-refractivity contribution in [2.75, 3.05) is 25.5 Å². The number of likely N-dealkylation sites (N-methyl/N-ethyl adjacent to an activating group) is 1. The average Bonchev–Trinajstić information content (AvgIpc) is 2.93. The Morgan fingerprint density at radius 1 is 1.20 bits per heavy atom. The molecule has 0 aliphatic carbocycles. The second-order valence-electron chi connectivity index (χ2n) is 5.35. The lowest BCUT2D eigenvalue weighted by Crippen LogP contribution is -2.34. The lowest BCUT2D eigenvalue weighted by atomic mass is 10.2. The van der Waals surface area contributed by atoms with Gasteiger partial charge in [-0.1, -0.05) is 24.3 Å². The smallest absolute Gasteiger partial charge is 0.0370 e. The highest BCUT2D eigenvalue weighted by molar-refractivity contribution is 7.09. The fourth-order valence-electron chi connectivity index (χ4n) is 2.23. The molecule has 1 unspecified atom stereocenters. The van der Waals surface area contributed by atoms with Crippen LogP contribution in [0.4, 0.5) is 5.69 Å². The normalized spacial score (nSPS) is 12.6. The fraction of sp³-hybridized carbons (Fsp3) is 0.412. The van der Waals surface area contributed by atoms with E-state index in [0.717, 1.165) is 19.5 Å². The number of rotatable bonds is 7. The summed E-state index contributed by atoms with van der Waals surface area (Å²) in [6.45, 7) is 6.48. The summed E-state index contributed by atoms with van der Waals surface area (Å²) in [5.41, 5.74) is 2.55. The maximum atomic E-state index is 3.52. The zero-order valence-electron chi connectivity index (χ0n) is 12.6. The second kappa shape index (κ2) is 7.46. The van der Waals surface area contributed by atoms with Crippen molar-refractivity contribution in [1.29, 1.82) is 0 Å². The van der Waals surface area contributed by atoms with Gasteiger partial charge in [-0.15, -0.1) is 11.3 Å². The topological polar surface area (TPSA) is 15.3 Å². The monoisotopic (exact) mass is 288 g/mol. The van der Waals surface area contributed by atoms with E-state index in [-0.39, 0.29) is 0 Å². The summed E-state index contributed by atoms with van der Waals surface area (Å²) >= 11 is 1.85. The van der Waals surface area contributed by atoms with Crippen molar-refractivity contribution in [2.45, 2.75) is 26.3 Å². The van der Waals surface area contributed by atoms with E-state index >= 15 is 0 Å². The standard InChI is InChI=1S/C17H24N2S/c1-14-7-4-5-9-17(14)18-10-11-19(3)15(2)13-16-8-6-12-20-16/h4-9,12,15,18H,10-11,13H2,1-3H3. The molecule has 1 aromatic heterocycles. The van der Waals surface area contributed by atoms with Crippen LogP contribution in [-0.4, -0.2) is 31.1 Å². The van der Waals surface area contributed by atoms with Gasteiger partial charge in [-0.2, -0.15) is 0 Å². The highest BCUT2D eigenvalue weighted by Gasteiger charge is 2.10. The molecule has 2 nitrogen and oxygen atoms in total. The average molecular weight is 288 g/mol. The summed E-state index contributed by atoms with van der Waals surface area (Å²) in [6, 6.07) is 13.4. The number of hydrogen-bond acceptors (Lipinski definition) is 3. The molecule has 0 bridgehead atoms. The van der Waals surface area contributed by atoms with Crippen molar-refractivity contribution in [2.24, 2.45) is 0 Å². The van der Waals surface area contributed by atoms with Gasteiger partial charge in [0.05, 0.1) is 0 Å². The van der Waals surface area contributed by atoms with Crippen molar-refractivity contribution in [3.8, 4) is 0 Å². The molecule has 1 heterocycles. The third-order valence-corrected chi connectivity index (χ3v) is 4.65. The van der Waals surface area contributed by atoms with Crippen molar-refractivity contribution >= 4 is 17.0 Å². The summed E-state index contributed by atoms with van der Waals surface area (Å²) in [4.78, 5) is 3.89. The Kier molecular flexibility index (Phi) is 5.62. The van der Waals surface area contributed by atoms with Gasteiger partial charge < -0.3 is 10.2 Å². The molecule has 0 fully saturated rings. The third kappa shape index (κ3) is 4.36. The first kappa shape index (κ1) is 15.1. The molecule has 2 aromatic rings. The van der Waals surface area contributed by atoms with Crippen molar-refractivity contribution in [3.63, 3.8) is 0 Å². The van der Waals surface area contributed by atoms with Gasteiger partial charge in [0.2, 0.25) is 0 Å². The van der Waals surface area contributed by atoms with Crippen LogP contribution in [0.3, 0.4) is 0 Å². The van der Waals surface area contributed by atoms with Gasteiger partial charge in [-0.3, -0.25) is 0 Å². The Morgan fingerprint density at radius 2 is 2.00 bits per heavy atom. The zero-order valence-corrected chi connectivity index (χ0v) is 13.4. The van der Waals surface area contributed by atoms with Crippen LogP contribution in [0, 0.1) is 6.92 Å². The first-order chi connectivity index (χ1) is 9.66. The summed E-state index contributed by atoms with van der Waals surface area (Å²) in [5, 5.41) is 5.67. The van der Waals surface area contributed by atoms with Crippen LogP contribution in [-0.2, 0) is 6.42 Å². The maximum Gasteiger partial charge on any atom is 0.0370 e. The van der Waals surface area contributed by atoms with Crippen molar-refractivity contribution in [3.05, 3.63) is 52.2 Å². The second-order valence-corrected chi connectivity index (χ2v) is 6.39. The van der Waals surface area contributed by atoms with Crippen LogP contribution in [0.1, 0.15) is 17.4 Å². The number of hydrogen-bond donors (Lipinski definition) is 1. The van der Waals surface area contributed by atoms with Gasteiger partial charge in [-0.25, -0.2) is 0 Å². The Bertz CT molecular complexity index is 507. The van der Waals surface area contributed by atoms with Gasteiger partial charge in [-0.05, 0) is 50.4 Å². The largest absolute Gasteiger partial charge is 0.384 e. The van der Waals surface area contributed by atoms with Crippen LogP contribution in [0.5, 0.6) is 0 Å². The van der Waals surface area contributed by atoms with Gasteiger partial charge >= 0.3 is 0 Å². The third-order valence-electron chi connectivity index (χ3n) is 3.75. The minimum absolute atomic E-state index is 0.576. The molecule has 0 aliphatic rings. The van der Waals surface area contributed by atoms with Crippen LogP contribution in [0.25, 0.3) is 0 Å². The Balaban J connectivity index is 1.74. The minimum atomic E-state index is 0.576. The van der Waals surface area contributed by atoms with E-state index < -0.39 is 0 Å². The van der Waals surface area contributed by atoms with E-state index in [2.05, 4.69) is 72.9 Å². The molecule has 0 saturated carbocycles. The quantitative estimate of drug-likeness (QED) is 0.827. The van der Waals surface area contributed by atoms with Crippen molar-refractivity contribution < 1.29 is 0 Å². The van der Waals surface area contributed by atoms with Gasteiger partial charge in [0, 0.05) is 29.7 Å². The highest BCUT2D eigenvalue weighted by atomic mass is 32.1. The van der Waals surface area contributed by atoms with Crippen LogP contribution < -0.4 is 5.32 Å². The number of nitrogens with one attached hydrogen (secondary N) is 1. The summed E-state index contributed by atoms with van der Waals surface area (Å²) in [6.07, 6.45) is 1.14. The molecule has 0 saturated heterocycles. The first-order valence-electron chi connectivity index (χ1n) is 7.19. The molecule has 1 atom stereocenters. The number of nitrogens with zero attached hydrogens (tertiary/aromatic N) is 1. The molecular formula is C17H24N2S. The molecule has 1 N–H and O–H groups in total. The molecule has 20 heavy (non-hydrogen) atoms. The maximum absolute atomic E-state index is 3.52. The number of aryl methyl sites for hydroxylation is 1. The predicted octanol–water partition coefficient (Wildman–Crippen LogP) is 4.03. The number of thiophene rings is 1. The predicted molar refractivity (Wildman–Crippen MR) is 89.8 cm³/mol. The van der Waals surface area contributed by atoms with Crippen LogP contribution >= 0.6 is 11.3 Å². The van der Waals surface area contributed by atoms with Crippen molar-refractivity contribution in [1.82, 2.24) is 4.90 Å². The molecule has 0 amide bonds. The van der Waals surface area contributed by atoms with Gasteiger partial charge in [0.15, 0.2) is 0 Å². The van der Waals surface area contributed by atoms with E-state index in [9.17, 15) is 0 Å². The molecule has 2 rings (SSSR count).